The summed E-state index contributed by atoms with van der Waals surface area (Å²) >= 11 is 0. The third-order valence-corrected chi connectivity index (χ3v) is 6.08. The van der Waals surface area contributed by atoms with E-state index in [1.54, 1.807) is 19.2 Å². The van der Waals surface area contributed by atoms with Gasteiger partial charge in [-0.3, -0.25) is 0 Å². The molecule has 3 atom stereocenters. The number of hydrogen-bond donors (Lipinski definition) is 3. The van der Waals surface area contributed by atoms with Gasteiger partial charge in [0, 0.05) is 17.6 Å². The van der Waals surface area contributed by atoms with Crippen molar-refractivity contribution < 1.29 is 24.9 Å². The molecule has 0 amide bonds. The number of aliphatic hydroxyl groups excluding tert-OH is 1. The van der Waals surface area contributed by atoms with E-state index in [-0.39, 0.29) is 17.6 Å². The summed E-state index contributed by atoms with van der Waals surface area (Å²) in [7, 11) is 1.59. The molecule has 3 N–H and O–H groups in total. The van der Waals surface area contributed by atoms with Gasteiger partial charge in [0.1, 0.15) is 11.5 Å². The van der Waals surface area contributed by atoms with E-state index in [1.165, 1.54) is 6.08 Å². The summed E-state index contributed by atoms with van der Waals surface area (Å²) in [6, 6.07) is 13.3. The molecule has 0 fully saturated rings. The number of carbonyl (C=O) groups is 1. The number of aromatic hydroxyl groups is 1. The second-order valence-electron chi connectivity index (χ2n) is 8.36. The number of carboxylic acids is 1. The predicted molar refractivity (Wildman–Crippen MR) is 131 cm³/mol. The summed E-state index contributed by atoms with van der Waals surface area (Å²) in [5.41, 5.74) is 4.04. The molecule has 5 nitrogen and oxygen atoms in total. The predicted octanol–water partition coefficient (Wildman–Crippen LogP) is 5.80. The third kappa shape index (κ3) is 6.36. The Morgan fingerprint density at radius 1 is 1.18 bits per heavy atom. The van der Waals surface area contributed by atoms with E-state index < -0.39 is 12.1 Å². The van der Waals surface area contributed by atoms with Crippen molar-refractivity contribution in [2.45, 2.75) is 50.5 Å². The number of aliphatic carboxylic acids is 1. The molecule has 2 aromatic carbocycles. The smallest absolute Gasteiger partial charge is 0.328 e. The molecule has 0 saturated carbocycles. The number of rotatable bonds is 10. The lowest BCUT2D eigenvalue weighted by molar-refractivity contribution is -0.131. The number of phenols is 1. The molecular formula is C28H32O5. The highest BCUT2D eigenvalue weighted by Gasteiger charge is 2.28. The fraction of sp³-hybridized carbons (Fsp3) is 0.321. The van der Waals surface area contributed by atoms with Crippen molar-refractivity contribution >= 4 is 12.0 Å². The Labute approximate surface area is 195 Å². The van der Waals surface area contributed by atoms with Gasteiger partial charge in [-0.2, -0.15) is 0 Å². The number of hydrogen-bond acceptors (Lipinski definition) is 4. The first kappa shape index (κ1) is 24.3. The van der Waals surface area contributed by atoms with Crippen LogP contribution in [0.15, 0.2) is 72.3 Å². The molecule has 3 unspecified atom stereocenters. The van der Waals surface area contributed by atoms with Crippen LogP contribution in [-0.2, 0) is 4.79 Å². The monoisotopic (exact) mass is 448 g/mol. The summed E-state index contributed by atoms with van der Waals surface area (Å²) < 4.78 is 5.59. The normalized spacial score (nSPS) is 17.5. The van der Waals surface area contributed by atoms with Gasteiger partial charge in [-0.15, -0.1) is 0 Å². The minimum Gasteiger partial charge on any atom is -0.508 e. The van der Waals surface area contributed by atoms with Crippen LogP contribution < -0.4 is 4.74 Å². The lowest BCUT2D eigenvalue weighted by atomic mass is 9.73. The van der Waals surface area contributed by atoms with E-state index >= 15 is 0 Å². The van der Waals surface area contributed by atoms with Gasteiger partial charge in [0.2, 0.25) is 0 Å². The molecule has 2 aromatic rings. The van der Waals surface area contributed by atoms with Gasteiger partial charge in [-0.05, 0) is 59.7 Å². The van der Waals surface area contributed by atoms with E-state index in [0.29, 0.717) is 17.7 Å². The Hall–Kier alpha value is -3.31. The molecule has 1 aliphatic rings. The summed E-state index contributed by atoms with van der Waals surface area (Å²) in [6.07, 6.45) is 11.7. The van der Waals surface area contributed by atoms with Gasteiger partial charge >= 0.3 is 5.97 Å². The number of benzene rings is 2. The second-order valence-corrected chi connectivity index (χ2v) is 8.36. The lowest BCUT2D eigenvalue weighted by Crippen LogP contribution is -2.16. The fourth-order valence-corrected chi connectivity index (χ4v) is 4.40. The highest BCUT2D eigenvalue weighted by molar-refractivity contribution is 5.86. The van der Waals surface area contributed by atoms with Crippen LogP contribution in [0.3, 0.4) is 0 Å². The number of aliphatic hydroxyl groups is 1. The van der Waals surface area contributed by atoms with Crippen LogP contribution in [0.1, 0.15) is 61.1 Å². The molecular weight excluding hydrogens is 416 g/mol. The van der Waals surface area contributed by atoms with Crippen molar-refractivity contribution in [3.8, 4) is 11.5 Å². The molecule has 5 heteroatoms. The molecule has 0 heterocycles. The van der Waals surface area contributed by atoms with Crippen LogP contribution in [0.5, 0.6) is 11.5 Å². The van der Waals surface area contributed by atoms with Crippen LogP contribution in [0, 0.1) is 0 Å². The maximum atomic E-state index is 11.0. The molecule has 0 radical (unpaired) electrons. The summed E-state index contributed by atoms with van der Waals surface area (Å²) in [6.45, 7) is 2.17. The number of ether oxygens (including phenoxy) is 1. The summed E-state index contributed by atoms with van der Waals surface area (Å²) in [5.74, 6) is 0.00703. The van der Waals surface area contributed by atoms with Gasteiger partial charge in [0.25, 0.3) is 0 Å². The average molecular weight is 449 g/mol. The number of allylic oxidation sites excluding steroid dienone is 2. The van der Waals surface area contributed by atoms with Crippen LogP contribution >= 0.6 is 0 Å². The largest absolute Gasteiger partial charge is 0.508 e. The first-order valence-corrected chi connectivity index (χ1v) is 11.4. The Kier molecular flexibility index (Phi) is 8.50. The van der Waals surface area contributed by atoms with Crippen LogP contribution in [0.25, 0.3) is 6.08 Å². The highest BCUT2D eigenvalue weighted by atomic mass is 16.5. The van der Waals surface area contributed by atoms with Crippen LogP contribution in [0.2, 0.25) is 0 Å². The zero-order valence-electron chi connectivity index (χ0n) is 19.1. The topological polar surface area (TPSA) is 87.0 Å². The van der Waals surface area contributed by atoms with Gasteiger partial charge in [0.05, 0.1) is 13.2 Å². The van der Waals surface area contributed by atoms with E-state index in [9.17, 15) is 15.0 Å². The van der Waals surface area contributed by atoms with E-state index in [2.05, 4.69) is 13.0 Å². The maximum Gasteiger partial charge on any atom is 0.328 e. The number of methoxy groups -OCH3 is 1. The molecule has 0 bridgehead atoms. The fourth-order valence-electron chi connectivity index (χ4n) is 4.40. The van der Waals surface area contributed by atoms with Crippen molar-refractivity contribution in [3.05, 3.63) is 89.0 Å². The number of phenolic OH excluding ortho intramolecular Hbond substituents is 1. The first-order chi connectivity index (χ1) is 15.9. The molecule has 33 heavy (non-hydrogen) atoms. The zero-order chi connectivity index (χ0) is 23.8. The quantitative estimate of drug-likeness (QED) is 0.400. The van der Waals surface area contributed by atoms with Gasteiger partial charge in [-0.25, -0.2) is 4.79 Å². The van der Waals surface area contributed by atoms with Gasteiger partial charge in [0.15, 0.2) is 0 Å². The molecule has 1 aliphatic carbocycles. The average Bonchev–Trinajstić information content (AvgIpc) is 2.82. The summed E-state index contributed by atoms with van der Waals surface area (Å²) in [4.78, 5) is 11.0. The SMILES string of the molecule is CCCCC(c1ccc(/C=C/C(=O)O)c(OC)c1)C(C1=CCC(O)C=C1)c1ccc(O)cc1. The zero-order valence-corrected chi connectivity index (χ0v) is 19.1. The lowest BCUT2D eigenvalue weighted by Gasteiger charge is -2.31. The third-order valence-electron chi connectivity index (χ3n) is 6.08. The minimum absolute atomic E-state index is 0.0333. The van der Waals surface area contributed by atoms with E-state index in [1.807, 2.05) is 42.5 Å². The Morgan fingerprint density at radius 2 is 1.91 bits per heavy atom. The van der Waals surface area contributed by atoms with Crippen LogP contribution in [0.4, 0.5) is 0 Å². The molecule has 0 saturated heterocycles. The Bertz CT molecular complexity index is 1030. The van der Waals surface area contributed by atoms with Gasteiger partial charge in [-0.1, -0.05) is 62.3 Å². The Balaban J connectivity index is 2.09. The van der Waals surface area contributed by atoms with E-state index in [4.69, 9.17) is 9.84 Å². The van der Waals surface area contributed by atoms with Crippen LogP contribution in [-0.4, -0.2) is 34.5 Å². The Morgan fingerprint density at radius 3 is 2.52 bits per heavy atom. The minimum atomic E-state index is -1.01. The second kappa shape index (κ2) is 11.5. The highest BCUT2D eigenvalue weighted by Crippen LogP contribution is 2.44. The maximum absolute atomic E-state index is 11.0. The standard InChI is InChI=1S/C28H32O5/c1-3-4-5-25(22-7-6-19(12-17-27(31)32)26(18-22)33-2)28(20-8-13-23(29)14-9-20)21-10-15-24(30)16-11-21/h6-15,17-18,24-25,28-30H,3-5,16H2,1-2H3,(H,31,32)/b17-12+. The van der Waals surface area contributed by atoms with Crippen molar-refractivity contribution in [1.82, 2.24) is 0 Å². The van der Waals surface area contributed by atoms with Gasteiger partial charge < -0.3 is 20.1 Å². The van der Waals surface area contributed by atoms with Crippen molar-refractivity contribution in [2.24, 2.45) is 0 Å². The molecule has 174 valence electrons. The van der Waals surface area contributed by atoms with E-state index in [0.717, 1.165) is 42.0 Å². The molecule has 3 rings (SSSR count). The number of carboxylic acid groups (broad SMARTS) is 1. The molecule has 0 spiro atoms. The first-order valence-electron chi connectivity index (χ1n) is 11.4. The summed E-state index contributed by atoms with van der Waals surface area (Å²) in [5, 5.41) is 28.8. The molecule has 0 aliphatic heterocycles. The molecule has 0 aromatic heterocycles. The van der Waals surface area contributed by atoms with Crippen molar-refractivity contribution in [2.75, 3.05) is 7.11 Å². The number of unbranched alkanes of at least 4 members (excludes halogenated alkanes) is 1. The van der Waals surface area contributed by atoms with Crippen molar-refractivity contribution in [1.29, 1.82) is 0 Å². The van der Waals surface area contributed by atoms with Crippen molar-refractivity contribution in [3.63, 3.8) is 0 Å².